The van der Waals surface area contributed by atoms with Crippen molar-refractivity contribution in [3.63, 3.8) is 0 Å². The zero-order valence-corrected chi connectivity index (χ0v) is 15.9. The molecular formula is C19H14BrFN2O2S. The highest BCUT2D eigenvalue weighted by Crippen LogP contribution is 2.23. The molecule has 0 aliphatic rings. The van der Waals surface area contributed by atoms with Gasteiger partial charge in [0, 0.05) is 16.6 Å². The van der Waals surface area contributed by atoms with Gasteiger partial charge in [-0.1, -0.05) is 18.2 Å². The molecule has 0 saturated heterocycles. The van der Waals surface area contributed by atoms with E-state index in [0.717, 1.165) is 5.56 Å². The highest BCUT2D eigenvalue weighted by Gasteiger charge is 2.10. The van der Waals surface area contributed by atoms with Crippen LogP contribution in [0.2, 0.25) is 0 Å². The summed E-state index contributed by atoms with van der Waals surface area (Å²) in [5.74, 6) is -0.807. The van der Waals surface area contributed by atoms with Crippen molar-refractivity contribution in [3.05, 3.63) is 86.3 Å². The van der Waals surface area contributed by atoms with Crippen LogP contribution in [-0.4, -0.2) is 11.8 Å². The Balaban J connectivity index is 1.60. The molecule has 0 aliphatic heterocycles. The number of thiophene rings is 1. The van der Waals surface area contributed by atoms with E-state index in [1.54, 1.807) is 30.3 Å². The van der Waals surface area contributed by atoms with E-state index in [1.165, 1.54) is 29.5 Å². The monoisotopic (exact) mass is 432 g/mol. The van der Waals surface area contributed by atoms with Gasteiger partial charge in [-0.3, -0.25) is 9.59 Å². The number of halogens is 2. The second-order valence-corrected chi connectivity index (χ2v) is 7.24. The van der Waals surface area contributed by atoms with Crippen molar-refractivity contribution < 1.29 is 14.0 Å². The molecule has 0 aliphatic carbocycles. The lowest BCUT2D eigenvalue weighted by atomic mass is 10.1. The molecule has 2 amide bonds. The van der Waals surface area contributed by atoms with E-state index in [1.807, 2.05) is 11.4 Å². The predicted octanol–water partition coefficient (Wildman–Crippen LogP) is 4.83. The van der Waals surface area contributed by atoms with Gasteiger partial charge in [-0.25, -0.2) is 4.39 Å². The van der Waals surface area contributed by atoms with Gasteiger partial charge in [-0.15, -0.1) is 11.3 Å². The molecule has 3 aromatic rings. The van der Waals surface area contributed by atoms with E-state index in [0.29, 0.717) is 27.1 Å². The van der Waals surface area contributed by atoms with Gasteiger partial charge in [0.2, 0.25) is 0 Å². The molecule has 3 rings (SSSR count). The molecule has 4 nitrogen and oxygen atoms in total. The lowest BCUT2D eigenvalue weighted by Gasteiger charge is -2.08. The summed E-state index contributed by atoms with van der Waals surface area (Å²) in [5.41, 5.74) is 1.84. The summed E-state index contributed by atoms with van der Waals surface area (Å²) in [4.78, 5) is 24.9. The number of carbonyl (C=O) groups excluding carboxylic acids is 2. The first-order chi connectivity index (χ1) is 12.5. The third kappa shape index (κ3) is 4.56. The summed E-state index contributed by atoms with van der Waals surface area (Å²) in [7, 11) is 0. The van der Waals surface area contributed by atoms with Crippen molar-refractivity contribution in [2.75, 3.05) is 5.32 Å². The number of nitrogens with one attached hydrogen (secondary N) is 2. The number of benzene rings is 2. The second-order valence-electron chi connectivity index (χ2n) is 5.44. The van der Waals surface area contributed by atoms with Crippen LogP contribution in [0.15, 0.2) is 64.5 Å². The van der Waals surface area contributed by atoms with Crippen LogP contribution in [0.25, 0.3) is 0 Å². The standard InChI is InChI=1S/C19H14BrFN2O2S/c20-15-10-14(21)7-8-16(15)23-18(24)13-5-3-12(4-6-13)11-22-19(25)17-2-1-9-26-17/h1-10H,11H2,(H,22,25)(H,23,24). The summed E-state index contributed by atoms with van der Waals surface area (Å²) in [6, 6.07) is 14.6. The van der Waals surface area contributed by atoms with E-state index in [-0.39, 0.29) is 17.6 Å². The first-order valence-corrected chi connectivity index (χ1v) is 9.37. The number of amides is 2. The quantitative estimate of drug-likeness (QED) is 0.606. The van der Waals surface area contributed by atoms with Crippen LogP contribution in [0.4, 0.5) is 10.1 Å². The SMILES string of the molecule is O=C(Nc1ccc(F)cc1Br)c1ccc(CNC(=O)c2cccs2)cc1. The lowest BCUT2D eigenvalue weighted by Crippen LogP contribution is -2.21. The van der Waals surface area contributed by atoms with E-state index in [4.69, 9.17) is 0 Å². The number of hydrogen-bond acceptors (Lipinski definition) is 3. The average Bonchev–Trinajstić information content (AvgIpc) is 3.17. The topological polar surface area (TPSA) is 58.2 Å². The summed E-state index contributed by atoms with van der Waals surface area (Å²) >= 11 is 4.60. The number of hydrogen-bond donors (Lipinski definition) is 2. The Labute approximate surface area is 162 Å². The Kier molecular flexibility index (Phi) is 5.80. The molecule has 1 aromatic heterocycles. The molecule has 26 heavy (non-hydrogen) atoms. The van der Waals surface area contributed by atoms with Crippen molar-refractivity contribution in [2.24, 2.45) is 0 Å². The lowest BCUT2D eigenvalue weighted by molar-refractivity contribution is 0.0953. The minimum Gasteiger partial charge on any atom is -0.347 e. The van der Waals surface area contributed by atoms with Crippen molar-refractivity contribution in [1.29, 1.82) is 0 Å². The Morgan fingerprint density at radius 1 is 1.04 bits per heavy atom. The van der Waals surface area contributed by atoms with Gasteiger partial charge in [0.1, 0.15) is 5.82 Å². The van der Waals surface area contributed by atoms with Gasteiger partial charge in [-0.05, 0) is 63.3 Å². The first-order valence-electron chi connectivity index (χ1n) is 7.70. The Morgan fingerprint density at radius 2 is 1.81 bits per heavy atom. The molecule has 132 valence electrons. The largest absolute Gasteiger partial charge is 0.347 e. The highest BCUT2D eigenvalue weighted by atomic mass is 79.9. The van der Waals surface area contributed by atoms with E-state index >= 15 is 0 Å². The third-order valence-electron chi connectivity index (χ3n) is 3.59. The fourth-order valence-corrected chi connectivity index (χ4v) is 3.33. The maximum atomic E-state index is 13.1. The normalized spacial score (nSPS) is 10.4. The van der Waals surface area contributed by atoms with Crippen LogP contribution in [0, 0.1) is 5.82 Å². The van der Waals surface area contributed by atoms with Crippen molar-refractivity contribution in [2.45, 2.75) is 6.54 Å². The van der Waals surface area contributed by atoms with Crippen molar-refractivity contribution in [1.82, 2.24) is 5.32 Å². The summed E-state index contributed by atoms with van der Waals surface area (Å²) in [5, 5.41) is 7.40. The van der Waals surface area contributed by atoms with Crippen molar-refractivity contribution >= 4 is 44.8 Å². The van der Waals surface area contributed by atoms with Crippen LogP contribution in [0.3, 0.4) is 0 Å². The molecule has 2 N–H and O–H groups in total. The smallest absolute Gasteiger partial charge is 0.261 e. The van der Waals surface area contributed by atoms with Crippen LogP contribution in [0.1, 0.15) is 25.6 Å². The molecular weight excluding hydrogens is 419 g/mol. The molecule has 0 spiro atoms. The minimum atomic E-state index is -0.385. The second kappa shape index (κ2) is 8.25. The molecule has 0 radical (unpaired) electrons. The molecule has 7 heteroatoms. The van der Waals surface area contributed by atoms with Gasteiger partial charge >= 0.3 is 0 Å². The minimum absolute atomic E-state index is 0.122. The summed E-state index contributed by atoms with van der Waals surface area (Å²) in [6.07, 6.45) is 0. The zero-order valence-electron chi connectivity index (χ0n) is 13.5. The van der Waals surface area contributed by atoms with Crippen molar-refractivity contribution in [3.8, 4) is 0 Å². The number of carbonyl (C=O) groups is 2. The fourth-order valence-electron chi connectivity index (χ4n) is 2.24. The van der Waals surface area contributed by atoms with E-state index < -0.39 is 0 Å². The average molecular weight is 433 g/mol. The maximum absolute atomic E-state index is 13.1. The van der Waals surface area contributed by atoms with Gasteiger partial charge in [-0.2, -0.15) is 0 Å². The van der Waals surface area contributed by atoms with E-state index in [9.17, 15) is 14.0 Å². The van der Waals surface area contributed by atoms with Crippen LogP contribution < -0.4 is 10.6 Å². The summed E-state index contributed by atoms with van der Waals surface area (Å²) in [6.45, 7) is 0.377. The molecule has 0 bridgehead atoms. The van der Waals surface area contributed by atoms with Gasteiger partial charge in [0.05, 0.1) is 10.6 Å². The molecule has 0 atom stereocenters. The van der Waals surface area contributed by atoms with Crippen LogP contribution >= 0.6 is 27.3 Å². The number of anilines is 1. The van der Waals surface area contributed by atoms with Crippen LogP contribution in [0.5, 0.6) is 0 Å². The molecule has 0 fully saturated rings. The first kappa shape index (κ1) is 18.3. The number of rotatable bonds is 5. The van der Waals surface area contributed by atoms with Gasteiger partial charge in [0.25, 0.3) is 11.8 Å². The van der Waals surface area contributed by atoms with E-state index in [2.05, 4.69) is 26.6 Å². The third-order valence-corrected chi connectivity index (χ3v) is 5.12. The van der Waals surface area contributed by atoms with Gasteiger partial charge < -0.3 is 10.6 Å². The Bertz CT molecular complexity index is 927. The predicted molar refractivity (Wildman–Crippen MR) is 104 cm³/mol. The highest BCUT2D eigenvalue weighted by molar-refractivity contribution is 9.10. The van der Waals surface area contributed by atoms with Crippen LogP contribution in [-0.2, 0) is 6.54 Å². The molecule has 2 aromatic carbocycles. The summed E-state index contributed by atoms with van der Waals surface area (Å²) < 4.78 is 13.6. The maximum Gasteiger partial charge on any atom is 0.261 e. The molecule has 1 heterocycles. The van der Waals surface area contributed by atoms with Gasteiger partial charge in [0.15, 0.2) is 0 Å². The molecule has 0 unspecified atom stereocenters. The zero-order chi connectivity index (χ0) is 18.5. The Hall–Kier alpha value is -2.51. The fraction of sp³-hybridized carbons (Fsp3) is 0.0526. The molecule has 0 saturated carbocycles. The Morgan fingerprint density at radius 3 is 2.46 bits per heavy atom.